The van der Waals surface area contributed by atoms with E-state index in [2.05, 4.69) is 15.0 Å². The van der Waals surface area contributed by atoms with Gasteiger partial charge in [0.15, 0.2) is 5.13 Å². The van der Waals surface area contributed by atoms with E-state index in [1.54, 1.807) is 11.3 Å². The zero-order chi connectivity index (χ0) is 20.1. The van der Waals surface area contributed by atoms with Crippen LogP contribution < -0.4 is 9.62 Å². The van der Waals surface area contributed by atoms with E-state index in [0.29, 0.717) is 13.0 Å². The van der Waals surface area contributed by atoms with E-state index < -0.39 is 10.0 Å². The third-order valence-electron chi connectivity index (χ3n) is 4.69. The van der Waals surface area contributed by atoms with E-state index in [-0.39, 0.29) is 5.97 Å². The van der Waals surface area contributed by atoms with Crippen molar-refractivity contribution in [2.75, 3.05) is 36.1 Å². The summed E-state index contributed by atoms with van der Waals surface area (Å²) in [5.41, 5.74) is 3.69. The largest absolute Gasteiger partial charge is 0.469 e. The molecule has 2 aromatic rings. The predicted octanol–water partition coefficient (Wildman–Crippen LogP) is 3.28. The Morgan fingerprint density at radius 1 is 1.32 bits per heavy atom. The van der Waals surface area contributed by atoms with E-state index in [9.17, 15) is 13.2 Å². The van der Waals surface area contributed by atoms with E-state index in [1.165, 1.54) is 17.7 Å². The molecule has 0 aliphatic carbocycles. The number of unbranched alkanes of at least 4 members (excludes halogenated alkanes) is 2. The second-order valence-electron chi connectivity index (χ2n) is 6.78. The molecule has 152 valence electrons. The number of nitrogens with one attached hydrogen (secondary N) is 1. The van der Waals surface area contributed by atoms with Crippen molar-refractivity contribution in [1.82, 2.24) is 4.98 Å². The monoisotopic (exact) mass is 423 g/mol. The Bertz CT molecular complexity index is 940. The first-order valence-electron chi connectivity index (χ1n) is 9.25. The molecule has 0 amide bonds. The van der Waals surface area contributed by atoms with Crippen molar-refractivity contribution in [2.45, 2.75) is 32.1 Å². The number of hydrogen-bond acceptors (Lipinski definition) is 7. The van der Waals surface area contributed by atoms with Crippen LogP contribution >= 0.6 is 11.3 Å². The highest BCUT2D eigenvalue weighted by atomic mass is 32.2. The zero-order valence-corrected chi connectivity index (χ0v) is 17.7. The molecule has 2 heterocycles. The van der Waals surface area contributed by atoms with Crippen molar-refractivity contribution < 1.29 is 17.9 Å². The average Bonchev–Trinajstić information content (AvgIpc) is 3.30. The highest BCUT2D eigenvalue weighted by molar-refractivity contribution is 7.92. The van der Waals surface area contributed by atoms with Crippen LogP contribution in [0.2, 0.25) is 0 Å². The maximum Gasteiger partial charge on any atom is 0.305 e. The molecule has 0 radical (unpaired) electrons. The number of sulfonamides is 1. The van der Waals surface area contributed by atoms with Gasteiger partial charge in [0.25, 0.3) is 0 Å². The van der Waals surface area contributed by atoms with Crippen LogP contribution in [0.15, 0.2) is 23.6 Å². The molecule has 1 aromatic carbocycles. The van der Waals surface area contributed by atoms with Crippen LogP contribution in [0.4, 0.5) is 10.8 Å². The van der Waals surface area contributed by atoms with Crippen LogP contribution in [0.25, 0.3) is 11.3 Å². The Labute approximate surface area is 169 Å². The van der Waals surface area contributed by atoms with Gasteiger partial charge in [-0.05, 0) is 37.0 Å². The minimum Gasteiger partial charge on any atom is -0.469 e. The molecule has 1 aliphatic rings. The summed E-state index contributed by atoms with van der Waals surface area (Å²) in [5.74, 6) is -0.161. The molecular formula is C19H25N3O4S2. The highest BCUT2D eigenvalue weighted by Crippen LogP contribution is 2.34. The SMILES string of the molecule is COC(=O)CCCCCNc1nc(-c2ccc3c(c2)CCN3S(C)(=O)=O)cs1. The summed E-state index contributed by atoms with van der Waals surface area (Å²) in [4.78, 5) is 15.7. The Kier molecular flexibility index (Phi) is 6.56. The topological polar surface area (TPSA) is 88.6 Å². The first-order valence-corrected chi connectivity index (χ1v) is 12.0. The number of hydrogen-bond donors (Lipinski definition) is 1. The molecule has 3 rings (SSSR count). The standard InChI is InChI=1S/C19H25N3O4S2/c1-26-18(23)6-4-3-5-10-20-19-21-16(13-27-19)14-7-8-17-15(12-14)9-11-22(17)28(2,24)25/h7-8,12-13H,3-6,9-11H2,1-2H3,(H,20,21). The molecule has 0 spiro atoms. The number of carbonyl (C=O) groups is 1. The first kappa shape index (κ1) is 20.6. The highest BCUT2D eigenvalue weighted by Gasteiger charge is 2.26. The van der Waals surface area contributed by atoms with Crippen LogP contribution in [0.3, 0.4) is 0 Å². The number of ether oxygens (including phenoxy) is 1. The van der Waals surface area contributed by atoms with E-state index in [0.717, 1.165) is 59.9 Å². The van der Waals surface area contributed by atoms with Crippen molar-refractivity contribution in [3.63, 3.8) is 0 Å². The summed E-state index contributed by atoms with van der Waals surface area (Å²) in [5, 5.41) is 6.19. The Hall–Kier alpha value is -2.13. The molecule has 1 N–H and O–H groups in total. The second kappa shape index (κ2) is 8.91. The van der Waals surface area contributed by atoms with Crippen LogP contribution in [-0.2, 0) is 26.0 Å². The van der Waals surface area contributed by atoms with Crippen molar-refractivity contribution in [3.8, 4) is 11.3 Å². The Balaban J connectivity index is 1.54. The van der Waals surface area contributed by atoms with Gasteiger partial charge in [-0.2, -0.15) is 0 Å². The number of aromatic nitrogens is 1. The van der Waals surface area contributed by atoms with Crippen LogP contribution in [0, 0.1) is 0 Å². The van der Waals surface area contributed by atoms with Gasteiger partial charge in [-0.1, -0.05) is 12.5 Å². The maximum absolute atomic E-state index is 11.9. The molecular weight excluding hydrogens is 398 g/mol. The lowest BCUT2D eigenvalue weighted by Crippen LogP contribution is -2.27. The van der Waals surface area contributed by atoms with E-state index in [4.69, 9.17) is 0 Å². The number of fused-ring (bicyclic) bond motifs is 1. The quantitative estimate of drug-likeness (QED) is 0.492. The van der Waals surface area contributed by atoms with Crippen molar-refractivity contribution >= 4 is 38.1 Å². The van der Waals surface area contributed by atoms with Gasteiger partial charge in [0, 0.05) is 30.5 Å². The number of thiazole rings is 1. The fourth-order valence-corrected chi connectivity index (χ4v) is 4.94. The molecule has 28 heavy (non-hydrogen) atoms. The molecule has 7 nitrogen and oxygen atoms in total. The van der Waals surface area contributed by atoms with Crippen molar-refractivity contribution in [2.24, 2.45) is 0 Å². The van der Waals surface area contributed by atoms with Crippen molar-refractivity contribution in [3.05, 3.63) is 29.1 Å². The van der Waals surface area contributed by atoms with E-state index in [1.807, 2.05) is 23.6 Å². The van der Waals surface area contributed by atoms with Gasteiger partial charge in [-0.15, -0.1) is 11.3 Å². The lowest BCUT2D eigenvalue weighted by atomic mass is 10.1. The van der Waals surface area contributed by atoms with Gasteiger partial charge in [0.1, 0.15) is 0 Å². The molecule has 0 unspecified atom stereocenters. The van der Waals surface area contributed by atoms with Gasteiger partial charge >= 0.3 is 5.97 Å². The van der Waals surface area contributed by atoms with Crippen LogP contribution in [0.1, 0.15) is 31.2 Å². The molecule has 0 bridgehead atoms. The van der Waals surface area contributed by atoms with Gasteiger partial charge in [-0.3, -0.25) is 9.10 Å². The average molecular weight is 424 g/mol. The Morgan fingerprint density at radius 2 is 2.14 bits per heavy atom. The zero-order valence-electron chi connectivity index (χ0n) is 16.1. The summed E-state index contributed by atoms with van der Waals surface area (Å²) in [7, 11) is -1.82. The second-order valence-corrected chi connectivity index (χ2v) is 9.55. The summed E-state index contributed by atoms with van der Waals surface area (Å²) >= 11 is 1.55. The predicted molar refractivity (Wildman–Crippen MR) is 112 cm³/mol. The fourth-order valence-electron chi connectivity index (χ4n) is 3.23. The van der Waals surface area contributed by atoms with E-state index >= 15 is 0 Å². The number of benzene rings is 1. The number of nitrogens with zero attached hydrogens (tertiary/aromatic N) is 2. The first-order chi connectivity index (χ1) is 13.4. The minimum atomic E-state index is -3.23. The van der Waals surface area contributed by atoms with Gasteiger partial charge in [0.05, 0.1) is 24.7 Å². The summed E-state index contributed by atoms with van der Waals surface area (Å²) < 4.78 is 29.8. The lowest BCUT2D eigenvalue weighted by Gasteiger charge is -2.16. The fraction of sp³-hybridized carbons (Fsp3) is 0.474. The maximum atomic E-state index is 11.9. The number of rotatable bonds is 9. The lowest BCUT2D eigenvalue weighted by molar-refractivity contribution is -0.140. The summed E-state index contributed by atoms with van der Waals surface area (Å²) in [6, 6.07) is 5.83. The molecule has 0 saturated heterocycles. The summed E-state index contributed by atoms with van der Waals surface area (Å²) in [6.45, 7) is 1.30. The van der Waals surface area contributed by atoms with Gasteiger partial charge in [-0.25, -0.2) is 13.4 Å². The van der Waals surface area contributed by atoms with Crippen molar-refractivity contribution in [1.29, 1.82) is 0 Å². The molecule has 1 aliphatic heterocycles. The number of carbonyl (C=O) groups excluding carboxylic acids is 1. The minimum absolute atomic E-state index is 0.161. The van der Waals surface area contributed by atoms with Gasteiger partial charge < -0.3 is 10.1 Å². The third-order valence-corrected chi connectivity index (χ3v) is 6.67. The number of esters is 1. The van der Waals surface area contributed by atoms with Crippen LogP contribution in [0.5, 0.6) is 0 Å². The summed E-state index contributed by atoms with van der Waals surface area (Å²) in [6.07, 6.45) is 5.18. The van der Waals surface area contributed by atoms with Gasteiger partial charge in [0.2, 0.25) is 10.0 Å². The Morgan fingerprint density at radius 3 is 2.89 bits per heavy atom. The molecule has 0 fully saturated rings. The number of methoxy groups -OCH3 is 1. The molecule has 9 heteroatoms. The normalized spacial score (nSPS) is 13.4. The molecule has 0 saturated carbocycles. The third kappa shape index (κ3) is 5.02. The molecule has 1 aromatic heterocycles. The smallest absolute Gasteiger partial charge is 0.305 e. The molecule has 0 atom stereocenters. The van der Waals surface area contributed by atoms with Crippen LogP contribution in [-0.4, -0.2) is 45.8 Å². The number of anilines is 2.